The average Bonchev–Trinajstić information content (AvgIpc) is 2.58. The van der Waals surface area contributed by atoms with Crippen molar-refractivity contribution < 1.29 is 5.11 Å². The first-order valence-corrected chi connectivity index (χ1v) is 7.95. The maximum atomic E-state index is 9.16. The maximum absolute atomic E-state index is 9.16. The molecule has 0 bridgehead atoms. The number of aliphatic hydroxyl groups excluding tert-OH is 1. The van der Waals surface area contributed by atoms with Crippen molar-refractivity contribution >= 4 is 0 Å². The molecule has 4 heteroatoms. The molecule has 0 atom stereocenters. The van der Waals surface area contributed by atoms with E-state index in [0.29, 0.717) is 5.92 Å². The van der Waals surface area contributed by atoms with E-state index in [2.05, 4.69) is 21.9 Å². The summed E-state index contributed by atoms with van der Waals surface area (Å²) < 4.78 is 0. The normalized spacial score (nSPS) is 16.8. The molecule has 2 heterocycles. The Hall–Kier alpha value is -1.78. The summed E-state index contributed by atoms with van der Waals surface area (Å²) in [7, 11) is 2.19. The molecule has 1 aromatic carbocycles. The van der Waals surface area contributed by atoms with Crippen LogP contribution in [0.3, 0.4) is 0 Å². The molecule has 1 fully saturated rings. The molecule has 0 aliphatic carbocycles. The minimum Gasteiger partial charge on any atom is -0.392 e. The Morgan fingerprint density at radius 1 is 1.09 bits per heavy atom. The van der Waals surface area contributed by atoms with Crippen molar-refractivity contribution in [2.75, 3.05) is 20.1 Å². The van der Waals surface area contributed by atoms with Gasteiger partial charge in [-0.2, -0.15) is 0 Å². The Labute approximate surface area is 131 Å². The van der Waals surface area contributed by atoms with Crippen molar-refractivity contribution in [3.05, 3.63) is 47.9 Å². The molecule has 2 aromatic rings. The number of nitrogens with zero attached hydrogens (tertiary/aromatic N) is 3. The molecule has 1 aliphatic rings. The summed E-state index contributed by atoms with van der Waals surface area (Å²) in [5.41, 5.74) is 4.07. The Morgan fingerprint density at radius 3 is 2.45 bits per heavy atom. The molecule has 1 aliphatic heterocycles. The average molecular weight is 297 g/mol. The first-order valence-electron chi connectivity index (χ1n) is 7.95. The second-order valence-electron chi connectivity index (χ2n) is 6.16. The molecule has 4 nitrogen and oxygen atoms in total. The minimum absolute atomic E-state index is 0.0726. The van der Waals surface area contributed by atoms with Gasteiger partial charge in [-0.15, -0.1) is 0 Å². The quantitative estimate of drug-likeness (QED) is 0.942. The van der Waals surface area contributed by atoms with Gasteiger partial charge in [0.25, 0.3) is 0 Å². The third kappa shape index (κ3) is 3.51. The predicted molar refractivity (Wildman–Crippen MR) is 87.3 cm³/mol. The van der Waals surface area contributed by atoms with Crippen molar-refractivity contribution in [3.63, 3.8) is 0 Å². The molecule has 1 saturated heterocycles. The maximum Gasteiger partial charge on any atom is 0.0917 e. The topological polar surface area (TPSA) is 49.2 Å². The van der Waals surface area contributed by atoms with Gasteiger partial charge in [0, 0.05) is 18.0 Å². The molecular formula is C18H23N3O. The fourth-order valence-corrected chi connectivity index (χ4v) is 3.07. The van der Waals surface area contributed by atoms with E-state index < -0.39 is 0 Å². The SMILES string of the molecule is CN1CCC(Cc2nccnc2-c2ccc(CO)cc2)CC1. The molecule has 22 heavy (non-hydrogen) atoms. The van der Waals surface area contributed by atoms with Gasteiger partial charge in [-0.1, -0.05) is 24.3 Å². The van der Waals surface area contributed by atoms with E-state index in [1.807, 2.05) is 24.3 Å². The van der Waals surface area contributed by atoms with Crippen molar-refractivity contribution in [2.24, 2.45) is 5.92 Å². The number of benzene rings is 1. The van der Waals surface area contributed by atoms with E-state index in [-0.39, 0.29) is 6.61 Å². The lowest BCUT2D eigenvalue weighted by Crippen LogP contribution is -2.31. The summed E-state index contributed by atoms with van der Waals surface area (Å²) in [5.74, 6) is 0.698. The van der Waals surface area contributed by atoms with Crippen LogP contribution in [0.15, 0.2) is 36.7 Å². The Morgan fingerprint density at radius 2 is 1.77 bits per heavy atom. The van der Waals surface area contributed by atoms with Crippen LogP contribution < -0.4 is 0 Å². The Balaban J connectivity index is 1.80. The molecule has 0 spiro atoms. The number of hydrogen-bond acceptors (Lipinski definition) is 4. The first-order chi connectivity index (χ1) is 10.8. The molecule has 0 unspecified atom stereocenters. The second kappa shape index (κ2) is 6.99. The third-order valence-corrected chi connectivity index (χ3v) is 4.50. The zero-order valence-corrected chi connectivity index (χ0v) is 13.1. The van der Waals surface area contributed by atoms with Crippen LogP contribution >= 0.6 is 0 Å². The summed E-state index contributed by atoms with van der Waals surface area (Å²) in [6.07, 6.45) is 7.01. The van der Waals surface area contributed by atoms with Gasteiger partial charge in [-0.3, -0.25) is 9.97 Å². The minimum atomic E-state index is 0.0726. The molecular weight excluding hydrogens is 274 g/mol. The lowest BCUT2D eigenvalue weighted by molar-refractivity contribution is 0.218. The van der Waals surface area contributed by atoms with E-state index in [9.17, 15) is 0 Å². The smallest absolute Gasteiger partial charge is 0.0917 e. The highest BCUT2D eigenvalue weighted by molar-refractivity contribution is 5.61. The van der Waals surface area contributed by atoms with Gasteiger partial charge in [-0.05, 0) is 50.9 Å². The Bertz CT molecular complexity index is 604. The molecule has 1 aromatic heterocycles. The van der Waals surface area contributed by atoms with Gasteiger partial charge >= 0.3 is 0 Å². The molecule has 1 N–H and O–H groups in total. The highest BCUT2D eigenvalue weighted by Crippen LogP contribution is 2.26. The summed E-state index contributed by atoms with van der Waals surface area (Å²) >= 11 is 0. The molecule has 3 rings (SSSR count). The summed E-state index contributed by atoms with van der Waals surface area (Å²) in [4.78, 5) is 11.5. The number of aliphatic hydroxyl groups is 1. The number of likely N-dealkylation sites (tertiary alicyclic amines) is 1. The number of hydrogen-bond donors (Lipinski definition) is 1. The monoisotopic (exact) mass is 297 g/mol. The second-order valence-corrected chi connectivity index (χ2v) is 6.16. The van der Waals surface area contributed by atoms with Crippen LogP contribution in [0.2, 0.25) is 0 Å². The van der Waals surface area contributed by atoms with Gasteiger partial charge in [0.15, 0.2) is 0 Å². The van der Waals surface area contributed by atoms with Gasteiger partial charge in [-0.25, -0.2) is 0 Å². The van der Waals surface area contributed by atoms with Gasteiger partial charge in [0.05, 0.1) is 18.0 Å². The highest BCUT2D eigenvalue weighted by Gasteiger charge is 2.19. The van der Waals surface area contributed by atoms with Gasteiger partial charge in [0.2, 0.25) is 0 Å². The summed E-state index contributed by atoms with van der Waals surface area (Å²) in [5, 5.41) is 9.16. The Kier molecular flexibility index (Phi) is 4.80. The predicted octanol–water partition coefficient (Wildman–Crippen LogP) is 2.52. The summed E-state index contributed by atoms with van der Waals surface area (Å²) in [6.45, 7) is 2.42. The van der Waals surface area contributed by atoms with E-state index in [4.69, 9.17) is 5.11 Å². The van der Waals surface area contributed by atoms with Crippen LogP contribution in [0.1, 0.15) is 24.1 Å². The number of piperidine rings is 1. The summed E-state index contributed by atoms with van der Waals surface area (Å²) in [6, 6.07) is 7.94. The van der Waals surface area contributed by atoms with Crippen LogP contribution in [0.25, 0.3) is 11.3 Å². The van der Waals surface area contributed by atoms with Crippen LogP contribution in [0.5, 0.6) is 0 Å². The van der Waals surface area contributed by atoms with Crippen LogP contribution in [0.4, 0.5) is 0 Å². The van der Waals surface area contributed by atoms with Crippen LogP contribution in [0, 0.1) is 5.92 Å². The lowest BCUT2D eigenvalue weighted by atomic mass is 9.91. The fourth-order valence-electron chi connectivity index (χ4n) is 3.07. The fraction of sp³-hybridized carbons (Fsp3) is 0.444. The molecule has 0 saturated carbocycles. The van der Waals surface area contributed by atoms with E-state index >= 15 is 0 Å². The van der Waals surface area contributed by atoms with E-state index in [1.54, 1.807) is 12.4 Å². The molecule has 0 radical (unpaired) electrons. The highest BCUT2D eigenvalue weighted by atomic mass is 16.3. The number of aromatic nitrogens is 2. The lowest BCUT2D eigenvalue weighted by Gasteiger charge is -2.28. The van der Waals surface area contributed by atoms with Crippen LogP contribution in [-0.4, -0.2) is 40.1 Å². The first kappa shape index (κ1) is 15.1. The largest absolute Gasteiger partial charge is 0.392 e. The van der Waals surface area contributed by atoms with Crippen molar-refractivity contribution in [2.45, 2.75) is 25.9 Å². The molecule has 116 valence electrons. The standard InChI is InChI=1S/C18H23N3O/c1-21-10-6-14(7-11-21)12-17-18(20-9-8-19-17)16-4-2-15(13-22)3-5-16/h2-5,8-9,14,22H,6-7,10-13H2,1H3. The third-order valence-electron chi connectivity index (χ3n) is 4.50. The van der Waals surface area contributed by atoms with Gasteiger partial charge in [0.1, 0.15) is 0 Å². The van der Waals surface area contributed by atoms with Gasteiger partial charge < -0.3 is 10.0 Å². The molecule has 0 amide bonds. The number of rotatable bonds is 4. The van der Waals surface area contributed by atoms with Crippen molar-refractivity contribution in [1.29, 1.82) is 0 Å². The van der Waals surface area contributed by atoms with Crippen molar-refractivity contribution in [3.8, 4) is 11.3 Å². The van der Waals surface area contributed by atoms with E-state index in [1.165, 1.54) is 25.9 Å². The zero-order valence-electron chi connectivity index (χ0n) is 13.1. The van der Waals surface area contributed by atoms with Crippen LogP contribution in [-0.2, 0) is 13.0 Å². The zero-order chi connectivity index (χ0) is 15.4. The van der Waals surface area contributed by atoms with E-state index in [0.717, 1.165) is 28.9 Å². The van der Waals surface area contributed by atoms with Crippen molar-refractivity contribution in [1.82, 2.24) is 14.9 Å².